The minimum atomic E-state index is -1.15. The van der Waals surface area contributed by atoms with E-state index in [2.05, 4.69) is 0 Å². The predicted molar refractivity (Wildman–Crippen MR) is 187 cm³/mol. The average Bonchev–Trinajstić information content (AvgIpc) is 3.13. The molecule has 248 valence electrons. The first kappa shape index (κ1) is 32.9. The average molecular weight is 667 g/mol. The lowest BCUT2D eigenvalue weighted by molar-refractivity contribution is -0.125. The molecule has 50 heavy (non-hydrogen) atoms. The number of hydrogen-bond donors (Lipinski definition) is 2. The zero-order valence-corrected chi connectivity index (χ0v) is 27.0. The van der Waals surface area contributed by atoms with Crippen LogP contribution >= 0.6 is 0 Å². The first-order valence-corrected chi connectivity index (χ1v) is 15.3. The van der Waals surface area contributed by atoms with Crippen LogP contribution < -0.4 is 30.7 Å². The van der Waals surface area contributed by atoms with Crippen molar-refractivity contribution < 1.29 is 33.4 Å². The molecule has 0 unspecified atom stereocenters. The van der Waals surface area contributed by atoms with Crippen LogP contribution in [0.5, 0.6) is 11.5 Å². The van der Waals surface area contributed by atoms with Gasteiger partial charge in [0.15, 0.2) is 0 Å². The maximum atomic E-state index is 14.6. The van der Waals surface area contributed by atoms with E-state index >= 15 is 0 Å². The standard InChI is InChI=1S/C39H30N4O7/c1-49-27-17-13-23(14-18-27)21-29-33(40)31(38(47)42(36(29)45)25-9-5-3-6-10-25)35(44)32-34(41)30(22-24-15-19-28(50-2)20-16-24)37(46)43(39(32)48)26-11-7-4-8-12-26/h3-22H,40-41H2,1-2H3/b29-21-,30-22-. The van der Waals surface area contributed by atoms with Gasteiger partial charge in [-0.3, -0.25) is 24.0 Å². The summed E-state index contributed by atoms with van der Waals surface area (Å²) >= 11 is 0. The van der Waals surface area contributed by atoms with Crippen molar-refractivity contribution in [2.75, 3.05) is 24.0 Å². The smallest absolute Gasteiger partial charge is 0.271 e. The first-order valence-electron chi connectivity index (χ1n) is 15.3. The van der Waals surface area contributed by atoms with Crippen molar-refractivity contribution in [1.29, 1.82) is 0 Å². The zero-order chi connectivity index (χ0) is 35.5. The van der Waals surface area contributed by atoms with Crippen LogP contribution in [0.2, 0.25) is 0 Å². The Kier molecular flexibility index (Phi) is 8.96. The predicted octanol–water partition coefficient (Wildman–Crippen LogP) is 4.31. The third-order valence-corrected chi connectivity index (χ3v) is 8.16. The lowest BCUT2D eigenvalue weighted by Crippen LogP contribution is -2.50. The number of hydrogen-bond acceptors (Lipinski definition) is 9. The summed E-state index contributed by atoms with van der Waals surface area (Å²) in [5, 5.41) is 0. The van der Waals surface area contributed by atoms with Crippen molar-refractivity contribution in [3.8, 4) is 11.5 Å². The van der Waals surface area contributed by atoms with Gasteiger partial charge in [-0.05, 0) is 71.8 Å². The Balaban J connectivity index is 1.56. The fourth-order valence-electron chi connectivity index (χ4n) is 5.58. The number of amides is 4. The van der Waals surface area contributed by atoms with Crippen molar-refractivity contribution in [2.45, 2.75) is 0 Å². The summed E-state index contributed by atoms with van der Waals surface area (Å²) in [5.74, 6) is -3.72. The molecule has 6 rings (SSSR count). The van der Waals surface area contributed by atoms with E-state index in [0.717, 1.165) is 9.80 Å². The number of carbonyl (C=O) groups is 5. The highest BCUT2D eigenvalue weighted by Crippen LogP contribution is 2.35. The molecule has 0 saturated heterocycles. The Morgan fingerprint density at radius 2 is 0.860 bits per heavy atom. The number of nitrogens with two attached hydrogens (primary N) is 2. The summed E-state index contributed by atoms with van der Waals surface area (Å²) in [7, 11) is 3.02. The Morgan fingerprint density at radius 3 is 1.18 bits per heavy atom. The van der Waals surface area contributed by atoms with Crippen LogP contribution in [0.3, 0.4) is 0 Å². The van der Waals surface area contributed by atoms with E-state index in [-0.39, 0.29) is 22.5 Å². The molecule has 4 N–H and O–H groups in total. The number of Topliss-reactive ketones (excluding diaryl/α,β-unsaturated/α-hetero) is 1. The molecular weight excluding hydrogens is 636 g/mol. The number of para-hydroxylation sites is 2. The molecule has 2 heterocycles. The van der Waals surface area contributed by atoms with Gasteiger partial charge < -0.3 is 20.9 Å². The monoisotopic (exact) mass is 666 g/mol. The van der Waals surface area contributed by atoms with Gasteiger partial charge in [-0.1, -0.05) is 60.7 Å². The SMILES string of the molecule is COc1ccc(/C=C2\C(=O)N(c3ccccc3)C(=O)C(C(=O)C3=C(N)/C(=C/c4ccc(OC)cc4)C(=O)N(c4ccccc4)C3=O)=C2N)cc1. The number of nitrogens with zero attached hydrogens (tertiary/aromatic N) is 2. The molecule has 4 aromatic carbocycles. The molecule has 0 bridgehead atoms. The van der Waals surface area contributed by atoms with E-state index in [4.69, 9.17) is 20.9 Å². The topological polar surface area (TPSA) is 162 Å². The summed E-state index contributed by atoms with van der Waals surface area (Å²) < 4.78 is 10.4. The number of ether oxygens (including phenoxy) is 2. The third-order valence-electron chi connectivity index (χ3n) is 8.16. The molecule has 0 fully saturated rings. The number of carbonyl (C=O) groups excluding carboxylic acids is 5. The number of imide groups is 2. The summed E-state index contributed by atoms with van der Waals surface area (Å²) in [4.78, 5) is 72.5. The van der Waals surface area contributed by atoms with Gasteiger partial charge in [-0.25, -0.2) is 9.80 Å². The molecule has 2 aliphatic heterocycles. The van der Waals surface area contributed by atoms with Gasteiger partial charge in [0.25, 0.3) is 23.6 Å². The fourth-order valence-corrected chi connectivity index (χ4v) is 5.58. The van der Waals surface area contributed by atoms with Gasteiger partial charge in [-0.15, -0.1) is 0 Å². The largest absolute Gasteiger partial charge is 0.497 e. The van der Waals surface area contributed by atoms with Crippen LogP contribution in [0.25, 0.3) is 12.2 Å². The normalized spacial score (nSPS) is 16.8. The van der Waals surface area contributed by atoms with Crippen LogP contribution in [-0.2, 0) is 24.0 Å². The summed E-state index contributed by atoms with van der Waals surface area (Å²) in [6, 6.07) is 29.3. The number of anilines is 2. The molecule has 0 aliphatic carbocycles. The molecule has 4 aromatic rings. The third kappa shape index (κ3) is 5.95. The molecule has 0 aromatic heterocycles. The van der Waals surface area contributed by atoms with Crippen LogP contribution in [0.1, 0.15) is 11.1 Å². The van der Waals surface area contributed by atoms with Gasteiger partial charge in [0, 0.05) is 0 Å². The zero-order valence-electron chi connectivity index (χ0n) is 27.0. The number of ketones is 1. The second kappa shape index (κ2) is 13.6. The highest BCUT2D eigenvalue weighted by Gasteiger charge is 2.46. The second-order valence-electron chi connectivity index (χ2n) is 11.1. The van der Waals surface area contributed by atoms with Crippen LogP contribution in [-0.4, -0.2) is 43.6 Å². The van der Waals surface area contributed by atoms with E-state index < -0.39 is 52.0 Å². The van der Waals surface area contributed by atoms with Crippen LogP contribution in [0.4, 0.5) is 11.4 Å². The van der Waals surface area contributed by atoms with Crippen molar-refractivity contribution >= 4 is 52.9 Å². The quantitative estimate of drug-likeness (QED) is 0.159. The lowest BCUT2D eigenvalue weighted by Gasteiger charge is -2.32. The van der Waals surface area contributed by atoms with Gasteiger partial charge in [-0.2, -0.15) is 0 Å². The lowest BCUT2D eigenvalue weighted by atomic mass is 9.87. The number of benzene rings is 4. The number of methoxy groups -OCH3 is 2. The van der Waals surface area contributed by atoms with E-state index in [1.807, 2.05) is 0 Å². The van der Waals surface area contributed by atoms with Crippen molar-refractivity contribution in [3.05, 3.63) is 154 Å². The van der Waals surface area contributed by atoms with Crippen molar-refractivity contribution in [3.63, 3.8) is 0 Å². The Hall–Kier alpha value is -7.01. The molecule has 0 atom stereocenters. The molecule has 0 saturated carbocycles. The van der Waals surface area contributed by atoms with Crippen molar-refractivity contribution in [1.82, 2.24) is 0 Å². The minimum Gasteiger partial charge on any atom is -0.497 e. The van der Waals surface area contributed by atoms with Gasteiger partial charge in [0.05, 0.1) is 48.1 Å². The Morgan fingerprint density at radius 1 is 0.520 bits per heavy atom. The summed E-state index contributed by atoms with van der Waals surface area (Å²) in [6.45, 7) is 0. The first-order chi connectivity index (χ1) is 24.1. The fraction of sp³-hybridized carbons (Fsp3) is 0.0513. The molecule has 2 aliphatic rings. The van der Waals surface area contributed by atoms with Gasteiger partial charge in [0.2, 0.25) is 5.78 Å². The number of rotatable bonds is 8. The molecule has 11 nitrogen and oxygen atoms in total. The van der Waals surface area contributed by atoms with Crippen molar-refractivity contribution in [2.24, 2.45) is 11.5 Å². The van der Waals surface area contributed by atoms with E-state index in [0.29, 0.717) is 22.6 Å². The molecule has 4 amide bonds. The molecule has 0 radical (unpaired) electrons. The van der Waals surface area contributed by atoms with E-state index in [1.54, 1.807) is 84.9 Å². The summed E-state index contributed by atoms with van der Waals surface area (Å²) in [6.07, 6.45) is 2.87. The van der Waals surface area contributed by atoms with E-state index in [9.17, 15) is 24.0 Å². The van der Waals surface area contributed by atoms with E-state index in [1.165, 1.54) is 50.6 Å². The molecule has 0 spiro atoms. The highest BCUT2D eigenvalue weighted by atomic mass is 16.5. The molecule has 11 heteroatoms. The van der Waals surface area contributed by atoms with Crippen LogP contribution in [0.15, 0.2) is 143 Å². The Bertz CT molecular complexity index is 2010. The van der Waals surface area contributed by atoms with Crippen LogP contribution in [0, 0.1) is 0 Å². The highest BCUT2D eigenvalue weighted by molar-refractivity contribution is 6.47. The minimum absolute atomic E-state index is 0.166. The van der Waals surface area contributed by atoms with Gasteiger partial charge >= 0.3 is 0 Å². The maximum absolute atomic E-state index is 14.6. The molecular formula is C39H30N4O7. The maximum Gasteiger partial charge on any atom is 0.271 e. The Labute approximate surface area is 287 Å². The summed E-state index contributed by atoms with van der Waals surface area (Å²) in [5.41, 5.74) is 11.8. The second-order valence-corrected chi connectivity index (χ2v) is 11.1. The van der Waals surface area contributed by atoms with Gasteiger partial charge in [0.1, 0.15) is 22.6 Å².